The van der Waals surface area contributed by atoms with E-state index in [1.165, 1.54) is 17.8 Å². The number of thioether (sulfide) groups is 1. The van der Waals surface area contributed by atoms with Crippen LogP contribution in [0, 0.1) is 5.82 Å². The fourth-order valence-corrected chi connectivity index (χ4v) is 2.23. The van der Waals surface area contributed by atoms with E-state index in [1.54, 1.807) is 0 Å². The molecule has 1 unspecified atom stereocenters. The first-order valence-electron chi connectivity index (χ1n) is 4.67. The van der Waals surface area contributed by atoms with Crippen LogP contribution in [0.15, 0.2) is 11.0 Å². The second kappa shape index (κ2) is 4.94. The number of benzene rings is 1. The summed E-state index contributed by atoms with van der Waals surface area (Å²) in [5, 5.41) is 0.247. The van der Waals surface area contributed by atoms with Gasteiger partial charge in [0, 0.05) is 5.25 Å². The lowest BCUT2D eigenvalue weighted by atomic mass is 10.3. The number of rotatable bonds is 3. The van der Waals surface area contributed by atoms with Gasteiger partial charge in [0.05, 0.1) is 16.3 Å². The molecule has 1 aromatic carbocycles. The van der Waals surface area contributed by atoms with E-state index < -0.39 is 5.82 Å². The van der Waals surface area contributed by atoms with Crippen LogP contribution in [0.1, 0.15) is 20.3 Å². The van der Waals surface area contributed by atoms with Crippen LogP contribution >= 0.6 is 23.4 Å². The molecule has 0 radical (unpaired) electrons. The van der Waals surface area contributed by atoms with Crippen LogP contribution in [0.2, 0.25) is 5.02 Å². The lowest BCUT2D eigenvalue weighted by molar-refractivity contribution is 0.604. The second-order valence-corrected chi connectivity index (χ2v) is 5.18. The van der Waals surface area contributed by atoms with Crippen molar-refractivity contribution in [2.24, 2.45) is 0 Å². The molecule has 0 aliphatic heterocycles. The molecule has 4 N–H and O–H groups in total. The van der Waals surface area contributed by atoms with Gasteiger partial charge in [-0.05, 0) is 12.5 Å². The van der Waals surface area contributed by atoms with E-state index in [9.17, 15) is 4.39 Å². The molecule has 1 atom stereocenters. The number of anilines is 2. The van der Waals surface area contributed by atoms with Crippen LogP contribution in [-0.4, -0.2) is 5.25 Å². The highest BCUT2D eigenvalue weighted by molar-refractivity contribution is 8.00. The fraction of sp³-hybridized carbons (Fsp3) is 0.400. The number of hydrogen-bond acceptors (Lipinski definition) is 3. The Labute approximate surface area is 98.2 Å². The van der Waals surface area contributed by atoms with E-state index in [0.717, 1.165) is 6.42 Å². The SMILES string of the molecule is CCC(C)Sc1c(N)cc(N)c(Cl)c1F. The number of nitrogen functional groups attached to an aromatic ring is 2. The quantitative estimate of drug-likeness (QED) is 0.636. The first-order chi connectivity index (χ1) is 6.97. The normalized spacial score (nSPS) is 12.8. The maximum atomic E-state index is 13.7. The van der Waals surface area contributed by atoms with E-state index in [-0.39, 0.29) is 10.7 Å². The standard InChI is InChI=1S/C10H14ClFN2S/c1-3-5(2)15-10-7(14)4-6(13)8(11)9(10)12/h4-5H,3,13-14H2,1-2H3. The topological polar surface area (TPSA) is 52.0 Å². The van der Waals surface area contributed by atoms with Gasteiger partial charge in [0.2, 0.25) is 0 Å². The molecule has 0 bridgehead atoms. The third-order valence-electron chi connectivity index (χ3n) is 2.11. The zero-order valence-electron chi connectivity index (χ0n) is 8.68. The minimum Gasteiger partial charge on any atom is -0.398 e. The summed E-state index contributed by atoms with van der Waals surface area (Å²) in [6.07, 6.45) is 0.936. The molecule has 0 spiro atoms. The lowest BCUT2D eigenvalue weighted by Gasteiger charge is -2.13. The van der Waals surface area contributed by atoms with Crippen molar-refractivity contribution in [1.29, 1.82) is 0 Å². The van der Waals surface area contributed by atoms with Crippen LogP contribution < -0.4 is 11.5 Å². The Hall–Kier alpha value is -0.610. The predicted molar refractivity (Wildman–Crippen MR) is 65.8 cm³/mol. The van der Waals surface area contributed by atoms with Crippen LogP contribution in [0.4, 0.5) is 15.8 Å². The summed E-state index contributed by atoms with van der Waals surface area (Å²) >= 11 is 7.09. The molecule has 0 aliphatic carbocycles. The molecule has 0 saturated heterocycles. The molecule has 2 nitrogen and oxygen atoms in total. The molecule has 0 amide bonds. The molecule has 1 rings (SSSR count). The van der Waals surface area contributed by atoms with Gasteiger partial charge in [-0.3, -0.25) is 0 Å². The average Bonchev–Trinajstić information content (AvgIpc) is 2.21. The van der Waals surface area contributed by atoms with E-state index in [0.29, 0.717) is 15.8 Å². The summed E-state index contributed by atoms with van der Waals surface area (Å²) < 4.78 is 13.7. The highest BCUT2D eigenvalue weighted by Crippen LogP contribution is 2.38. The predicted octanol–water partition coefficient (Wildman–Crippen LogP) is 3.53. The monoisotopic (exact) mass is 248 g/mol. The summed E-state index contributed by atoms with van der Waals surface area (Å²) in [6.45, 7) is 4.04. The van der Waals surface area contributed by atoms with Crippen molar-refractivity contribution in [2.75, 3.05) is 11.5 Å². The van der Waals surface area contributed by atoms with Gasteiger partial charge in [-0.25, -0.2) is 4.39 Å². The molecule has 1 aromatic rings. The molecule has 0 heterocycles. The third kappa shape index (κ3) is 2.69. The summed E-state index contributed by atoms with van der Waals surface area (Å²) in [7, 11) is 0. The van der Waals surface area contributed by atoms with Gasteiger partial charge in [0.1, 0.15) is 5.02 Å². The van der Waals surface area contributed by atoms with Crippen molar-refractivity contribution in [3.05, 3.63) is 16.9 Å². The van der Waals surface area contributed by atoms with Gasteiger partial charge in [0.25, 0.3) is 0 Å². The van der Waals surface area contributed by atoms with Gasteiger partial charge >= 0.3 is 0 Å². The van der Waals surface area contributed by atoms with Gasteiger partial charge in [0.15, 0.2) is 5.82 Å². The van der Waals surface area contributed by atoms with E-state index in [4.69, 9.17) is 23.1 Å². The Balaban J connectivity index is 3.12. The molecule has 5 heteroatoms. The Kier molecular flexibility index (Phi) is 4.11. The lowest BCUT2D eigenvalue weighted by Crippen LogP contribution is -2.01. The van der Waals surface area contributed by atoms with Crippen LogP contribution in [-0.2, 0) is 0 Å². The second-order valence-electron chi connectivity index (χ2n) is 3.35. The zero-order chi connectivity index (χ0) is 11.6. The molecule has 84 valence electrons. The molecule has 0 saturated carbocycles. The van der Waals surface area contributed by atoms with Crippen molar-refractivity contribution in [1.82, 2.24) is 0 Å². The Morgan fingerprint density at radius 1 is 1.47 bits per heavy atom. The average molecular weight is 249 g/mol. The summed E-state index contributed by atoms with van der Waals surface area (Å²) in [4.78, 5) is 0.392. The highest BCUT2D eigenvalue weighted by atomic mass is 35.5. The number of nitrogens with two attached hydrogens (primary N) is 2. The first kappa shape index (κ1) is 12.5. The first-order valence-corrected chi connectivity index (χ1v) is 5.92. The minimum atomic E-state index is -0.514. The number of hydrogen-bond donors (Lipinski definition) is 2. The van der Waals surface area contributed by atoms with Gasteiger partial charge in [-0.2, -0.15) is 0 Å². The highest BCUT2D eigenvalue weighted by Gasteiger charge is 2.16. The van der Waals surface area contributed by atoms with Crippen molar-refractivity contribution < 1.29 is 4.39 Å². The number of halogens is 2. The summed E-state index contributed by atoms with van der Waals surface area (Å²) in [6, 6.07) is 1.50. The molecule has 0 aliphatic rings. The van der Waals surface area contributed by atoms with Gasteiger partial charge in [-0.15, -0.1) is 11.8 Å². The molecular weight excluding hydrogens is 235 g/mol. The Morgan fingerprint density at radius 3 is 2.60 bits per heavy atom. The van der Waals surface area contributed by atoms with Gasteiger partial charge < -0.3 is 11.5 Å². The summed E-state index contributed by atoms with van der Waals surface area (Å²) in [5.74, 6) is -0.514. The van der Waals surface area contributed by atoms with Crippen molar-refractivity contribution in [3.63, 3.8) is 0 Å². The Bertz CT molecular complexity index is 371. The van der Waals surface area contributed by atoms with Crippen molar-refractivity contribution in [3.8, 4) is 0 Å². The van der Waals surface area contributed by atoms with Crippen molar-refractivity contribution >= 4 is 34.7 Å². The fourth-order valence-electron chi connectivity index (χ4n) is 1.05. The smallest absolute Gasteiger partial charge is 0.159 e. The minimum absolute atomic E-state index is 0.0463. The molecule has 0 aromatic heterocycles. The van der Waals surface area contributed by atoms with Crippen LogP contribution in [0.3, 0.4) is 0 Å². The van der Waals surface area contributed by atoms with Gasteiger partial charge in [-0.1, -0.05) is 25.4 Å². The third-order valence-corrected chi connectivity index (χ3v) is 3.88. The summed E-state index contributed by atoms with van der Waals surface area (Å²) in [5.41, 5.74) is 11.7. The maximum Gasteiger partial charge on any atom is 0.159 e. The van der Waals surface area contributed by atoms with E-state index in [1.807, 2.05) is 13.8 Å². The van der Waals surface area contributed by atoms with Crippen LogP contribution in [0.25, 0.3) is 0 Å². The van der Waals surface area contributed by atoms with E-state index in [2.05, 4.69) is 0 Å². The van der Waals surface area contributed by atoms with E-state index >= 15 is 0 Å². The molecular formula is C10H14ClFN2S. The largest absolute Gasteiger partial charge is 0.398 e. The van der Waals surface area contributed by atoms with Crippen molar-refractivity contribution in [2.45, 2.75) is 30.4 Å². The molecule has 15 heavy (non-hydrogen) atoms. The Morgan fingerprint density at radius 2 is 2.07 bits per heavy atom. The molecule has 0 fully saturated rings. The zero-order valence-corrected chi connectivity index (χ0v) is 10.3. The van der Waals surface area contributed by atoms with Crippen LogP contribution in [0.5, 0.6) is 0 Å². The maximum absolute atomic E-state index is 13.7.